The van der Waals surface area contributed by atoms with E-state index < -0.39 is 11.7 Å². The zero-order valence-electron chi connectivity index (χ0n) is 8.27. The first-order valence-corrected chi connectivity index (χ1v) is 4.56. The molecule has 0 amide bonds. The van der Waals surface area contributed by atoms with Gasteiger partial charge >= 0.3 is 6.18 Å². The molecule has 0 saturated heterocycles. The Labute approximate surface area is 85.9 Å². The van der Waals surface area contributed by atoms with E-state index in [9.17, 15) is 18.0 Å². The quantitative estimate of drug-likeness (QED) is 0.709. The Morgan fingerprint density at radius 3 is 2.53 bits per heavy atom. The summed E-state index contributed by atoms with van der Waals surface area (Å²) < 4.78 is 37.4. The van der Waals surface area contributed by atoms with Gasteiger partial charge in [-0.3, -0.25) is 0 Å². The van der Waals surface area contributed by atoms with Gasteiger partial charge in [-0.05, 0) is 30.5 Å². The first kappa shape index (κ1) is 11.8. The molecule has 1 rings (SSSR count). The third-order valence-corrected chi connectivity index (χ3v) is 2.28. The van der Waals surface area contributed by atoms with Crippen LogP contribution in [0.4, 0.5) is 13.2 Å². The smallest absolute Gasteiger partial charge is 0.303 e. The number of halogens is 3. The SMILES string of the molecule is Cc1c(CCC=O)cccc1C(F)(F)F. The lowest BCUT2D eigenvalue weighted by molar-refractivity contribution is -0.138. The average Bonchev–Trinajstić information content (AvgIpc) is 2.14. The summed E-state index contributed by atoms with van der Waals surface area (Å²) in [6, 6.07) is 4.05. The van der Waals surface area contributed by atoms with E-state index in [2.05, 4.69) is 0 Å². The van der Waals surface area contributed by atoms with Crippen molar-refractivity contribution in [1.82, 2.24) is 0 Å². The highest BCUT2D eigenvalue weighted by Gasteiger charge is 2.32. The molecule has 0 aromatic heterocycles. The van der Waals surface area contributed by atoms with Crippen LogP contribution < -0.4 is 0 Å². The maximum Gasteiger partial charge on any atom is 0.416 e. The van der Waals surface area contributed by atoms with Crippen molar-refractivity contribution in [2.24, 2.45) is 0 Å². The Kier molecular flexibility index (Phi) is 3.50. The van der Waals surface area contributed by atoms with Crippen molar-refractivity contribution >= 4 is 6.29 Å². The summed E-state index contributed by atoms with van der Waals surface area (Å²) >= 11 is 0. The molecule has 0 spiro atoms. The molecule has 0 unspecified atom stereocenters. The number of hydrogen-bond acceptors (Lipinski definition) is 1. The van der Waals surface area contributed by atoms with Crippen molar-refractivity contribution in [2.45, 2.75) is 25.9 Å². The van der Waals surface area contributed by atoms with Gasteiger partial charge in [-0.1, -0.05) is 12.1 Å². The van der Waals surface area contributed by atoms with Gasteiger partial charge in [-0.2, -0.15) is 13.2 Å². The van der Waals surface area contributed by atoms with E-state index in [4.69, 9.17) is 0 Å². The van der Waals surface area contributed by atoms with E-state index in [-0.39, 0.29) is 12.0 Å². The highest BCUT2D eigenvalue weighted by Crippen LogP contribution is 2.33. The van der Waals surface area contributed by atoms with E-state index in [1.54, 1.807) is 6.07 Å². The molecular formula is C11H11F3O. The molecule has 0 aliphatic heterocycles. The summed E-state index contributed by atoms with van der Waals surface area (Å²) in [6.07, 6.45) is -3.00. The minimum atomic E-state index is -4.32. The number of carbonyl (C=O) groups is 1. The molecule has 0 saturated carbocycles. The number of rotatable bonds is 3. The van der Waals surface area contributed by atoms with Crippen LogP contribution >= 0.6 is 0 Å². The lowest BCUT2D eigenvalue weighted by Gasteiger charge is -2.13. The van der Waals surface area contributed by atoms with Crippen molar-refractivity contribution in [2.75, 3.05) is 0 Å². The van der Waals surface area contributed by atoms with Gasteiger partial charge in [-0.25, -0.2) is 0 Å². The summed E-state index contributed by atoms with van der Waals surface area (Å²) in [4.78, 5) is 10.1. The Balaban J connectivity index is 3.06. The second kappa shape index (κ2) is 4.47. The van der Waals surface area contributed by atoms with E-state index in [0.717, 1.165) is 6.07 Å². The van der Waals surface area contributed by atoms with Gasteiger partial charge in [0.15, 0.2) is 0 Å². The van der Waals surface area contributed by atoms with Gasteiger partial charge in [0.05, 0.1) is 5.56 Å². The van der Waals surface area contributed by atoms with Gasteiger partial charge in [0, 0.05) is 6.42 Å². The highest BCUT2D eigenvalue weighted by molar-refractivity contribution is 5.50. The summed E-state index contributed by atoms with van der Waals surface area (Å²) in [7, 11) is 0. The van der Waals surface area contributed by atoms with Gasteiger partial charge in [0.25, 0.3) is 0 Å². The fourth-order valence-corrected chi connectivity index (χ4v) is 1.48. The first-order valence-electron chi connectivity index (χ1n) is 4.56. The third kappa shape index (κ3) is 2.81. The molecular weight excluding hydrogens is 205 g/mol. The second-order valence-electron chi connectivity index (χ2n) is 3.29. The van der Waals surface area contributed by atoms with Gasteiger partial charge in [0.1, 0.15) is 6.29 Å². The number of benzene rings is 1. The van der Waals surface area contributed by atoms with Crippen molar-refractivity contribution in [3.05, 3.63) is 34.9 Å². The molecule has 1 aromatic rings. The van der Waals surface area contributed by atoms with E-state index in [1.165, 1.54) is 13.0 Å². The van der Waals surface area contributed by atoms with Gasteiger partial charge in [-0.15, -0.1) is 0 Å². The largest absolute Gasteiger partial charge is 0.416 e. The van der Waals surface area contributed by atoms with Crippen LogP contribution in [-0.2, 0) is 17.4 Å². The zero-order valence-corrected chi connectivity index (χ0v) is 8.27. The van der Waals surface area contributed by atoms with Gasteiger partial charge in [0.2, 0.25) is 0 Å². The maximum absolute atomic E-state index is 12.5. The van der Waals surface area contributed by atoms with Crippen LogP contribution in [0.2, 0.25) is 0 Å². The van der Waals surface area contributed by atoms with Crippen molar-refractivity contribution < 1.29 is 18.0 Å². The Morgan fingerprint density at radius 2 is 2.00 bits per heavy atom. The van der Waals surface area contributed by atoms with E-state index >= 15 is 0 Å². The fraction of sp³-hybridized carbons (Fsp3) is 0.364. The van der Waals surface area contributed by atoms with Crippen LogP contribution in [0.1, 0.15) is 23.1 Å². The van der Waals surface area contributed by atoms with E-state index in [1.807, 2.05) is 0 Å². The average molecular weight is 216 g/mol. The topological polar surface area (TPSA) is 17.1 Å². The minimum Gasteiger partial charge on any atom is -0.303 e. The fourth-order valence-electron chi connectivity index (χ4n) is 1.48. The normalized spacial score (nSPS) is 11.5. The summed E-state index contributed by atoms with van der Waals surface area (Å²) in [5.41, 5.74) is 0.176. The maximum atomic E-state index is 12.5. The molecule has 0 fully saturated rings. The Morgan fingerprint density at radius 1 is 1.33 bits per heavy atom. The number of carbonyl (C=O) groups excluding carboxylic acids is 1. The summed E-state index contributed by atoms with van der Waals surface area (Å²) in [6.45, 7) is 1.43. The standard InChI is InChI=1S/C11H11F3O/c1-8-9(5-3-7-15)4-2-6-10(8)11(12,13)14/h2,4,6-7H,3,5H2,1H3. The molecule has 82 valence electrons. The molecule has 0 bridgehead atoms. The predicted octanol–water partition coefficient (Wildman–Crippen LogP) is 3.15. The Bertz CT molecular complexity index is 355. The second-order valence-corrected chi connectivity index (χ2v) is 3.29. The number of hydrogen-bond donors (Lipinski definition) is 0. The molecule has 1 aromatic carbocycles. The van der Waals surface area contributed by atoms with Crippen LogP contribution in [0.15, 0.2) is 18.2 Å². The Hall–Kier alpha value is -1.32. The summed E-state index contributed by atoms with van der Waals surface area (Å²) in [5, 5.41) is 0. The van der Waals surface area contributed by atoms with Crippen LogP contribution in [-0.4, -0.2) is 6.29 Å². The van der Waals surface area contributed by atoms with Crippen molar-refractivity contribution in [1.29, 1.82) is 0 Å². The van der Waals surface area contributed by atoms with Crippen LogP contribution in [0.3, 0.4) is 0 Å². The summed E-state index contributed by atoms with van der Waals surface area (Å²) in [5.74, 6) is 0. The monoisotopic (exact) mass is 216 g/mol. The molecule has 1 nitrogen and oxygen atoms in total. The molecule has 0 aliphatic carbocycles. The molecule has 15 heavy (non-hydrogen) atoms. The molecule has 0 N–H and O–H groups in total. The minimum absolute atomic E-state index is 0.215. The molecule has 0 heterocycles. The van der Waals surface area contributed by atoms with E-state index in [0.29, 0.717) is 18.3 Å². The number of aryl methyl sites for hydroxylation is 1. The predicted molar refractivity (Wildman–Crippen MR) is 50.6 cm³/mol. The molecule has 0 aliphatic rings. The third-order valence-electron chi connectivity index (χ3n) is 2.28. The van der Waals surface area contributed by atoms with Crippen LogP contribution in [0.5, 0.6) is 0 Å². The molecule has 4 heteroatoms. The molecule has 0 radical (unpaired) electrons. The van der Waals surface area contributed by atoms with Crippen LogP contribution in [0.25, 0.3) is 0 Å². The first-order chi connectivity index (χ1) is 6.96. The number of aldehydes is 1. The molecule has 0 atom stereocenters. The number of alkyl halides is 3. The highest BCUT2D eigenvalue weighted by atomic mass is 19.4. The zero-order chi connectivity index (χ0) is 11.5. The van der Waals surface area contributed by atoms with Crippen molar-refractivity contribution in [3.63, 3.8) is 0 Å². The lowest BCUT2D eigenvalue weighted by atomic mass is 9.99. The van der Waals surface area contributed by atoms with Gasteiger partial charge < -0.3 is 4.79 Å². The van der Waals surface area contributed by atoms with Crippen LogP contribution in [0, 0.1) is 6.92 Å². The lowest BCUT2D eigenvalue weighted by Crippen LogP contribution is -2.09. The van der Waals surface area contributed by atoms with Crippen molar-refractivity contribution in [3.8, 4) is 0 Å².